The molecule has 0 aliphatic heterocycles. The van der Waals surface area contributed by atoms with Crippen LogP contribution in [0.15, 0.2) is 60.8 Å². The Labute approximate surface area is 195 Å². The lowest BCUT2D eigenvalue weighted by molar-refractivity contribution is 0.0587. The molecule has 0 saturated heterocycles. The first kappa shape index (κ1) is 22.7. The zero-order valence-corrected chi connectivity index (χ0v) is 18.9. The summed E-state index contributed by atoms with van der Waals surface area (Å²) in [6.45, 7) is 2.51. The Morgan fingerprint density at radius 3 is 2.35 bits per heavy atom. The quantitative estimate of drug-likeness (QED) is 0.436. The van der Waals surface area contributed by atoms with Crippen LogP contribution < -0.4 is 5.32 Å². The second-order valence-corrected chi connectivity index (χ2v) is 7.32. The van der Waals surface area contributed by atoms with Crippen LogP contribution in [0.25, 0.3) is 22.3 Å². The number of nitrogens with zero attached hydrogens (tertiary/aromatic N) is 3. The molecule has 2 heterocycles. The van der Waals surface area contributed by atoms with E-state index in [1.54, 1.807) is 16.9 Å². The second kappa shape index (κ2) is 9.53. The van der Waals surface area contributed by atoms with Gasteiger partial charge in [0.05, 0.1) is 53.9 Å². The third kappa shape index (κ3) is 4.23. The molecule has 0 spiro atoms. The number of carbonyl (C=O) groups is 3. The van der Waals surface area contributed by atoms with Crippen LogP contribution in [-0.2, 0) is 16.0 Å². The maximum absolute atomic E-state index is 13.5. The van der Waals surface area contributed by atoms with Crippen LogP contribution in [0.4, 0.5) is 5.69 Å². The Balaban J connectivity index is 1.83. The number of fused-ring (bicyclic) bond motifs is 1. The summed E-state index contributed by atoms with van der Waals surface area (Å²) >= 11 is 0. The monoisotopic (exact) mass is 458 g/mol. The molecule has 1 amide bonds. The number of carbonyl (C=O) groups excluding carboxylic acids is 3. The number of pyridine rings is 1. The lowest BCUT2D eigenvalue weighted by Crippen LogP contribution is -2.17. The smallest absolute Gasteiger partial charge is 0.339 e. The van der Waals surface area contributed by atoms with E-state index in [9.17, 15) is 14.4 Å². The van der Waals surface area contributed by atoms with Crippen LogP contribution in [0.3, 0.4) is 0 Å². The number of nitrogens with one attached hydrogen (secondary N) is 1. The standard InChI is InChI=1S/C25H22N4O5/c1-4-29-22-19(14-26-29)18(13-20(27-22)15-8-6-5-7-9-15)23(30)28-21-12-16(24(31)33-2)10-11-17(21)25(32)34-3/h5-14H,4H2,1-3H3,(H,28,30). The van der Waals surface area contributed by atoms with Crippen molar-refractivity contribution in [3.8, 4) is 11.3 Å². The Bertz CT molecular complexity index is 1400. The molecule has 2 aromatic heterocycles. The molecule has 4 aromatic rings. The molecular formula is C25H22N4O5. The topological polar surface area (TPSA) is 112 Å². The molecule has 0 aliphatic carbocycles. The van der Waals surface area contributed by atoms with E-state index in [-0.39, 0.29) is 16.8 Å². The summed E-state index contributed by atoms with van der Waals surface area (Å²) in [7, 11) is 2.48. The number of benzene rings is 2. The number of aryl methyl sites for hydroxylation is 1. The molecule has 4 rings (SSSR count). The average Bonchev–Trinajstić information content (AvgIpc) is 3.30. The van der Waals surface area contributed by atoms with Gasteiger partial charge in [-0.2, -0.15) is 5.10 Å². The summed E-state index contributed by atoms with van der Waals surface area (Å²) in [6.07, 6.45) is 1.58. The molecule has 0 saturated carbocycles. The van der Waals surface area contributed by atoms with Gasteiger partial charge in [0.25, 0.3) is 5.91 Å². The number of anilines is 1. The van der Waals surface area contributed by atoms with E-state index in [0.717, 1.165) is 5.56 Å². The number of aromatic nitrogens is 3. The van der Waals surface area contributed by atoms with Gasteiger partial charge in [0.1, 0.15) is 0 Å². The molecule has 0 unspecified atom stereocenters. The van der Waals surface area contributed by atoms with Gasteiger partial charge in [0.15, 0.2) is 5.65 Å². The van der Waals surface area contributed by atoms with Gasteiger partial charge < -0.3 is 14.8 Å². The van der Waals surface area contributed by atoms with Gasteiger partial charge >= 0.3 is 11.9 Å². The normalized spacial score (nSPS) is 10.7. The number of esters is 2. The van der Waals surface area contributed by atoms with Crippen molar-refractivity contribution in [1.29, 1.82) is 0 Å². The average molecular weight is 458 g/mol. The van der Waals surface area contributed by atoms with E-state index in [4.69, 9.17) is 14.5 Å². The van der Waals surface area contributed by atoms with E-state index >= 15 is 0 Å². The van der Waals surface area contributed by atoms with Crippen molar-refractivity contribution in [3.63, 3.8) is 0 Å². The van der Waals surface area contributed by atoms with E-state index in [0.29, 0.717) is 28.8 Å². The predicted octanol–water partition coefficient (Wildman–Crippen LogP) is 3.94. The zero-order chi connectivity index (χ0) is 24.2. The van der Waals surface area contributed by atoms with Crippen LogP contribution in [0.2, 0.25) is 0 Å². The van der Waals surface area contributed by atoms with Gasteiger partial charge in [-0.3, -0.25) is 4.79 Å². The molecule has 0 atom stereocenters. The molecule has 0 fully saturated rings. The first-order valence-electron chi connectivity index (χ1n) is 10.5. The van der Waals surface area contributed by atoms with Crippen LogP contribution >= 0.6 is 0 Å². The molecule has 0 aliphatic rings. The molecule has 0 radical (unpaired) electrons. The van der Waals surface area contributed by atoms with Crippen LogP contribution in [-0.4, -0.2) is 46.8 Å². The number of ether oxygens (including phenoxy) is 2. The van der Waals surface area contributed by atoms with Gasteiger partial charge in [0, 0.05) is 12.1 Å². The predicted molar refractivity (Wildman–Crippen MR) is 126 cm³/mol. The van der Waals surface area contributed by atoms with E-state index in [2.05, 4.69) is 10.4 Å². The largest absolute Gasteiger partial charge is 0.465 e. The number of hydrogen-bond donors (Lipinski definition) is 1. The molecule has 0 bridgehead atoms. The lowest BCUT2D eigenvalue weighted by atomic mass is 10.1. The van der Waals surface area contributed by atoms with E-state index < -0.39 is 17.8 Å². The minimum absolute atomic E-state index is 0.0985. The summed E-state index contributed by atoms with van der Waals surface area (Å²) in [5.74, 6) is -1.75. The molecule has 9 nitrogen and oxygen atoms in total. The number of rotatable bonds is 6. The van der Waals surface area contributed by atoms with Crippen molar-refractivity contribution < 1.29 is 23.9 Å². The van der Waals surface area contributed by atoms with E-state index in [1.165, 1.54) is 32.4 Å². The Hall–Kier alpha value is -4.53. The number of methoxy groups -OCH3 is 2. The number of amides is 1. The molecule has 2 aromatic carbocycles. The minimum Gasteiger partial charge on any atom is -0.465 e. The summed E-state index contributed by atoms with van der Waals surface area (Å²) in [6, 6.07) is 15.4. The first-order valence-corrected chi connectivity index (χ1v) is 10.5. The fraction of sp³-hybridized carbons (Fsp3) is 0.160. The van der Waals surface area contributed by atoms with Crippen LogP contribution in [0.5, 0.6) is 0 Å². The first-order chi connectivity index (χ1) is 16.5. The van der Waals surface area contributed by atoms with Crippen molar-refractivity contribution in [2.24, 2.45) is 0 Å². The highest BCUT2D eigenvalue weighted by Crippen LogP contribution is 2.27. The van der Waals surface area contributed by atoms with Gasteiger partial charge in [-0.05, 0) is 31.2 Å². The summed E-state index contributed by atoms with van der Waals surface area (Å²) in [4.78, 5) is 42.5. The lowest BCUT2D eigenvalue weighted by Gasteiger charge is -2.13. The summed E-state index contributed by atoms with van der Waals surface area (Å²) in [5, 5.41) is 7.65. The van der Waals surface area contributed by atoms with Crippen molar-refractivity contribution in [1.82, 2.24) is 14.8 Å². The third-order valence-electron chi connectivity index (χ3n) is 5.32. The molecular weight excluding hydrogens is 436 g/mol. The van der Waals surface area contributed by atoms with Crippen molar-refractivity contribution in [3.05, 3.63) is 77.5 Å². The van der Waals surface area contributed by atoms with Crippen LogP contribution in [0.1, 0.15) is 38.0 Å². The molecule has 1 N–H and O–H groups in total. The maximum atomic E-state index is 13.5. The summed E-state index contributed by atoms with van der Waals surface area (Å²) < 4.78 is 11.3. The van der Waals surface area contributed by atoms with Gasteiger partial charge in [-0.1, -0.05) is 30.3 Å². The molecule has 34 heavy (non-hydrogen) atoms. The minimum atomic E-state index is -0.657. The number of hydrogen-bond acceptors (Lipinski definition) is 7. The van der Waals surface area contributed by atoms with Gasteiger partial charge in [0.2, 0.25) is 0 Å². The third-order valence-corrected chi connectivity index (χ3v) is 5.32. The highest BCUT2D eigenvalue weighted by molar-refractivity contribution is 6.14. The van der Waals surface area contributed by atoms with E-state index in [1.807, 2.05) is 37.3 Å². The Morgan fingerprint density at radius 2 is 1.68 bits per heavy atom. The highest BCUT2D eigenvalue weighted by atomic mass is 16.5. The maximum Gasteiger partial charge on any atom is 0.339 e. The zero-order valence-electron chi connectivity index (χ0n) is 18.9. The second-order valence-electron chi connectivity index (χ2n) is 7.32. The van der Waals surface area contributed by atoms with Crippen molar-refractivity contribution >= 4 is 34.6 Å². The van der Waals surface area contributed by atoms with Crippen molar-refractivity contribution in [2.75, 3.05) is 19.5 Å². The van der Waals surface area contributed by atoms with Gasteiger partial charge in [-0.25, -0.2) is 19.3 Å². The van der Waals surface area contributed by atoms with Crippen molar-refractivity contribution in [2.45, 2.75) is 13.5 Å². The molecule has 9 heteroatoms. The summed E-state index contributed by atoms with van der Waals surface area (Å²) in [5.41, 5.74) is 2.72. The highest BCUT2D eigenvalue weighted by Gasteiger charge is 2.21. The fourth-order valence-corrected chi connectivity index (χ4v) is 3.59. The molecule has 172 valence electrons. The van der Waals surface area contributed by atoms with Crippen LogP contribution in [0, 0.1) is 0 Å². The Kier molecular flexibility index (Phi) is 6.35. The SMILES string of the molecule is CCn1ncc2c(C(=O)Nc3cc(C(=O)OC)ccc3C(=O)OC)cc(-c3ccccc3)nc21. The Morgan fingerprint density at radius 1 is 0.941 bits per heavy atom. The fourth-order valence-electron chi connectivity index (χ4n) is 3.59. The van der Waals surface area contributed by atoms with Gasteiger partial charge in [-0.15, -0.1) is 0 Å².